The number of aliphatic imine (C=N–C) groups is 1. The first kappa shape index (κ1) is 14.7. The number of hydrogen-bond acceptors (Lipinski definition) is 3. The first-order chi connectivity index (χ1) is 9.99. The Bertz CT molecular complexity index is 706. The number of benzene rings is 1. The SMILES string of the molecule is C=C/C(=C\C(=C)C)C1=N/C(=C\c2cccc(C)c2)C(=O)O1. The summed E-state index contributed by atoms with van der Waals surface area (Å²) in [7, 11) is 0. The first-order valence-corrected chi connectivity index (χ1v) is 6.59. The molecule has 1 aliphatic rings. The van der Waals surface area contributed by atoms with Crippen LogP contribution in [-0.4, -0.2) is 11.9 Å². The fourth-order valence-corrected chi connectivity index (χ4v) is 1.92. The maximum atomic E-state index is 11.9. The molecule has 0 fully saturated rings. The Labute approximate surface area is 124 Å². The Kier molecular flexibility index (Phi) is 4.33. The lowest BCUT2D eigenvalue weighted by Crippen LogP contribution is -2.05. The zero-order valence-electron chi connectivity index (χ0n) is 12.2. The van der Waals surface area contributed by atoms with Gasteiger partial charge in [0.1, 0.15) is 0 Å². The van der Waals surface area contributed by atoms with E-state index in [4.69, 9.17) is 4.74 Å². The second-order valence-electron chi connectivity index (χ2n) is 4.90. The van der Waals surface area contributed by atoms with Gasteiger partial charge in [0.05, 0.1) is 0 Å². The standard InChI is InChI=1S/C18H17NO2/c1-5-15(9-12(2)3)17-19-16(18(20)21-17)11-14-8-6-7-13(4)10-14/h5-11H,1-2H2,3-4H3/b15-9+,16-11-. The van der Waals surface area contributed by atoms with Crippen molar-refractivity contribution in [2.45, 2.75) is 13.8 Å². The van der Waals surface area contributed by atoms with E-state index in [2.05, 4.69) is 18.2 Å². The van der Waals surface area contributed by atoms with E-state index >= 15 is 0 Å². The molecule has 3 nitrogen and oxygen atoms in total. The average Bonchev–Trinajstić information content (AvgIpc) is 2.77. The molecule has 1 aliphatic heterocycles. The summed E-state index contributed by atoms with van der Waals surface area (Å²) in [4.78, 5) is 16.1. The van der Waals surface area contributed by atoms with Crippen LogP contribution in [0, 0.1) is 6.92 Å². The van der Waals surface area contributed by atoms with Crippen molar-refractivity contribution >= 4 is 17.9 Å². The van der Waals surface area contributed by atoms with Gasteiger partial charge in [-0.25, -0.2) is 9.79 Å². The predicted molar refractivity (Wildman–Crippen MR) is 85.8 cm³/mol. The van der Waals surface area contributed by atoms with E-state index in [1.165, 1.54) is 0 Å². The summed E-state index contributed by atoms with van der Waals surface area (Å²) in [6.45, 7) is 11.3. The van der Waals surface area contributed by atoms with Crippen molar-refractivity contribution in [3.05, 3.63) is 77.5 Å². The highest BCUT2D eigenvalue weighted by Gasteiger charge is 2.24. The van der Waals surface area contributed by atoms with E-state index in [0.717, 1.165) is 16.7 Å². The van der Waals surface area contributed by atoms with Crippen molar-refractivity contribution in [3.63, 3.8) is 0 Å². The van der Waals surface area contributed by atoms with Crippen molar-refractivity contribution in [1.29, 1.82) is 0 Å². The van der Waals surface area contributed by atoms with Crippen LogP contribution in [-0.2, 0) is 9.53 Å². The van der Waals surface area contributed by atoms with Gasteiger partial charge in [0.25, 0.3) is 0 Å². The maximum Gasteiger partial charge on any atom is 0.363 e. The van der Waals surface area contributed by atoms with Gasteiger partial charge in [-0.2, -0.15) is 0 Å². The largest absolute Gasteiger partial charge is 0.402 e. The van der Waals surface area contributed by atoms with E-state index in [9.17, 15) is 4.79 Å². The van der Waals surface area contributed by atoms with Crippen molar-refractivity contribution in [3.8, 4) is 0 Å². The predicted octanol–water partition coefficient (Wildman–Crippen LogP) is 3.98. The number of carbonyl (C=O) groups excluding carboxylic acids is 1. The number of ether oxygens (including phenoxy) is 1. The normalized spacial score (nSPS) is 16.7. The van der Waals surface area contributed by atoms with Crippen LogP contribution in [0.2, 0.25) is 0 Å². The molecule has 0 bridgehead atoms. The molecule has 0 N–H and O–H groups in total. The zero-order valence-corrected chi connectivity index (χ0v) is 12.2. The van der Waals surface area contributed by atoms with E-state index < -0.39 is 5.97 Å². The number of nitrogens with zero attached hydrogens (tertiary/aromatic N) is 1. The lowest BCUT2D eigenvalue weighted by molar-refractivity contribution is -0.129. The highest BCUT2D eigenvalue weighted by atomic mass is 16.6. The molecule has 106 valence electrons. The highest BCUT2D eigenvalue weighted by Crippen LogP contribution is 2.20. The molecule has 0 saturated carbocycles. The van der Waals surface area contributed by atoms with Crippen LogP contribution >= 0.6 is 0 Å². The van der Waals surface area contributed by atoms with Gasteiger partial charge in [0.2, 0.25) is 5.90 Å². The summed E-state index contributed by atoms with van der Waals surface area (Å²) in [6, 6.07) is 7.82. The molecule has 0 radical (unpaired) electrons. The lowest BCUT2D eigenvalue weighted by atomic mass is 10.1. The van der Waals surface area contributed by atoms with Crippen molar-refractivity contribution in [2.75, 3.05) is 0 Å². The summed E-state index contributed by atoms with van der Waals surface area (Å²) in [6.07, 6.45) is 5.08. The number of hydrogen-bond donors (Lipinski definition) is 0. The molecule has 0 aromatic heterocycles. The van der Waals surface area contributed by atoms with Gasteiger partial charge in [-0.05, 0) is 31.6 Å². The summed E-state index contributed by atoms with van der Waals surface area (Å²) in [5.74, 6) is -0.196. The van der Waals surface area contributed by atoms with Crippen LogP contribution in [0.25, 0.3) is 6.08 Å². The number of esters is 1. The van der Waals surface area contributed by atoms with Gasteiger partial charge in [-0.15, -0.1) is 0 Å². The highest BCUT2D eigenvalue weighted by molar-refractivity contribution is 6.13. The molecule has 0 aliphatic carbocycles. The minimum absolute atomic E-state index is 0.261. The Morgan fingerprint density at radius 3 is 2.76 bits per heavy atom. The molecule has 0 unspecified atom stereocenters. The van der Waals surface area contributed by atoms with E-state index in [-0.39, 0.29) is 11.6 Å². The molecule has 0 amide bonds. The zero-order chi connectivity index (χ0) is 15.4. The summed E-state index contributed by atoms with van der Waals surface area (Å²) in [5.41, 5.74) is 3.79. The second-order valence-corrected chi connectivity index (χ2v) is 4.90. The Morgan fingerprint density at radius 2 is 2.14 bits per heavy atom. The average molecular weight is 279 g/mol. The van der Waals surface area contributed by atoms with Gasteiger partial charge in [0.15, 0.2) is 5.70 Å². The van der Waals surface area contributed by atoms with Gasteiger partial charge < -0.3 is 4.74 Å². The first-order valence-electron chi connectivity index (χ1n) is 6.59. The molecule has 3 heteroatoms. The minimum Gasteiger partial charge on any atom is -0.402 e. The third-order valence-electron chi connectivity index (χ3n) is 2.83. The molecule has 1 heterocycles. The molecule has 2 rings (SSSR count). The molecular formula is C18H17NO2. The molecular weight excluding hydrogens is 262 g/mol. The van der Waals surface area contributed by atoms with E-state index in [0.29, 0.717) is 5.57 Å². The van der Waals surface area contributed by atoms with Crippen LogP contribution in [0.3, 0.4) is 0 Å². The summed E-state index contributed by atoms with van der Waals surface area (Å²) < 4.78 is 5.19. The van der Waals surface area contributed by atoms with Crippen molar-refractivity contribution in [2.24, 2.45) is 4.99 Å². The molecule has 0 spiro atoms. The number of cyclic esters (lactones) is 1. The topological polar surface area (TPSA) is 38.7 Å². The summed E-state index contributed by atoms with van der Waals surface area (Å²) >= 11 is 0. The van der Waals surface area contributed by atoms with Gasteiger partial charge in [0, 0.05) is 5.57 Å². The molecule has 21 heavy (non-hydrogen) atoms. The van der Waals surface area contributed by atoms with Crippen LogP contribution in [0.5, 0.6) is 0 Å². The van der Waals surface area contributed by atoms with Crippen LogP contribution in [0.1, 0.15) is 18.1 Å². The molecule has 1 aromatic rings. The molecule has 1 aromatic carbocycles. The van der Waals surface area contributed by atoms with Gasteiger partial charge >= 0.3 is 5.97 Å². The number of aryl methyl sites for hydroxylation is 1. The van der Waals surface area contributed by atoms with Crippen LogP contribution in [0.15, 0.2) is 71.4 Å². The van der Waals surface area contributed by atoms with Crippen LogP contribution in [0.4, 0.5) is 0 Å². The minimum atomic E-state index is -0.457. The maximum absolute atomic E-state index is 11.9. The number of rotatable bonds is 4. The number of allylic oxidation sites excluding steroid dienone is 2. The Morgan fingerprint density at radius 1 is 1.38 bits per heavy atom. The molecule has 0 atom stereocenters. The second kappa shape index (κ2) is 6.18. The van der Waals surface area contributed by atoms with E-state index in [1.807, 2.05) is 38.1 Å². The van der Waals surface area contributed by atoms with E-state index in [1.54, 1.807) is 18.2 Å². The smallest absolute Gasteiger partial charge is 0.363 e. The van der Waals surface area contributed by atoms with Crippen molar-refractivity contribution < 1.29 is 9.53 Å². The Hall–Kier alpha value is -2.68. The third-order valence-corrected chi connectivity index (χ3v) is 2.83. The summed E-state index contributed by atoms with van der Waals surface area (Å²) in [5, 5.41) is 0. The fraction of sp³-hybridized carbons (Fsp3) is 0.111. The molecule has 0 saturated heterocycles. The monoisotopic (exact) mass is 279 g/mol. The number of carbonyl (C=O) groups is 1. The van der Waals surface area contributed by atoms with Crippen molar-refractivity contribution in [1.82, 2.24) is 0 Å². The quantitative estimate of drug-likeness (QED) is 0.475. The van der Waals surface area contributed by atoms with Gasteiger partial charge in [-0.3, -0.25) is 0 Å². The van der Waals surface area contributed by atoms with Crippen LogP contribution < -0.4 is 0 Å². The fourth-order valence-electron chi connectivity index (χ4n) is 1.92. The third kappa shape index (κ3) is 3.66. The van der Waals surface area contributed by atoms with Gasteiger partial charge in [-0.1, -0.05) is 54.6 Å². The lowest BCUT2D eigenvalue weighted by Gasteiger charge is -1.99. The Balaban J connectivity index is 2.36.